The number of rotatable bonds is 3. The van der Waals surface area contributed by atoms with Gasteiger partial charge in [-0.3, -0.25) is 9.69 Å². The zero-order valence-electron chi connectivity index (χ0n) is 11.5. The molecule has 0 unspecified atom stereocenters. The first-order chi connectivity index (χ1) is 9.72. The molecule has 0 atom stereocenters. The van der Waals surface area contributed by atoms with E-state index in [9.17, 15) is 9.18 Å². The quantitative estimate of drug-likeness (QED) is 0.873. The molecule has 2 aliphatic heterocycles. The van der Waals surface area contributed by atoms with E-state index in [-0.39, 0.29) is 11.7 Å². The number of nitrogens with one attached hydrogen (secondary N) is 1. The number of amides is 1. The van der Waals surface area contributed by atoms with Crippen molar-refractivity contribution in [1.29, 1.82) is 0 Å². The Kier molecular flexibility index (Phi) is 3.98. The minimum absolute atomic E-state index is 0.0991. The van der Waals surface area contributed by atoms with Crippen molar-refractivity contribution in [2.45, 2.75) is 12.5 Å². The average molecular weight is 277 g/mol. The van der Waals surface area contributed by atoms with Gasteiger partial charge >= 0.3 is 0 Å². The predicted octanol–water partition coefficient (Wildman–Crippen LogP) is 0.484. The third-order valence-corrected chi connectivity index (χ3v) is 4.13. The van der Waals surface area contributed by atoms with Crippen LogP contribution in [0.5, 0.6) is 0 Å². The van der Waals surface area contributed by atoms with Gasteiger partial charge in [0.05, 0.1) is 6.42 Å². The lowest BCUT2D eigenvalue weighted by atomic mass is 10.0. The summed E-state index contributed by atoms with van der Waals surface area (Å²) in [6.07, 6.45) is 0.298. The standard InChI is InChI=1S/C15H20FN3O/c16-13-3-1-2-12(8-13)9-15(20)19-10-14(11-19)18-6-4-17-5-7-18/h1-3,8,14,17H,4-7,9-11H2. The summed E-state index contributed by atoms with van der Waals surface area (Å²) in [7, 11) is 0. The van der Waals surface area contributed by atoms with Gasteiger partial charge in [0.2, 0.25) is 5.91 Å². The normalized spacial score (nSPS) is 20.8. The lowest BCUT2D eigenvalue weighted by Crippen LogP contribution is -2.64. The zero-order chi connectivity index (χ0) is 13.9. The van der Waals surface area contributed by atoms with E-state index in [4.69, 9.17) is 0 Å². The van der Waals surface area contributed by atoms with Crippen molar-refractivity contribution in [3.05, 3.63) is 35.6 Å². The van der Waals surface area contributed by atoms with Crippen LogP contribution in [0.4, 0.5) is 4.39 Å². The van der Waals surface area contributed by atoms with Gasteiger partial charge in [-0.15, -0.1) is 0 Å². The summed E-state index contributed by atoms with van der Waals surface area (Å²) in [4.78, 5) is 16.4. The fraction of sp³-hybridized carbons (Fsp3) is 0.533. The second kappa shape index (κ2) is 5.89. The molecule has 1 N–H and O–H groups in total. The van der Waals surface area contributed by atoms with Crippen molar-refractivity contribution in [3.63, 3.8) is 0 Å². The molecule has 5 heteroatoms. The van der Waals surface area contributed by atoms with E-state index >= 15 is 0 Å². The first kappa shape index (κ1) is 13.5. The maximum atomic E-state index is 13.1. The van der Waals surface area contributed by atoms with Crippen LogP contribution in [0.1, 0.15) is 5.56 Å². The van der Waals surface area contributed by atoms with Gasteiger partial charge in [-0.05, 0) is 17.7 Å². The maximum absolute atomic E-state index is 13.1. The Morgan fingerprint density at radius 2 is 2.05 bits per heavy atom. The summed E-state index contributed by atoms with van der Waals surface area (Å²) in [5.41, 5.74) is 0.751. The molecular formula is C15H20FN3O. The van der Waals surface area contributed by atoms with Crippen molar-refractivity contribution in [2.24, 2.45) is 0 Å². The van der Waals surface area contributed by atoms with Gasteiger partial charge in [0.1, 0.15) is 5.82 Å². The van der Waals surface area contributed by atoms with Crippen LogP contribution in [0.3, 0.4) is 0 Å². The number of hydrogen-bond acceptors (Lipinski definition) is 3. The fourth-order valence-electron chi connectivity index (χ4n) is 2.87. The monoisotopic (exact) mass is 277 g/mol. The molecule has 108 valence electrons. The molecule has 2 aliphatic rings. The number of piperazine rings is 1. The Balaban J connectivity index is 1.48. The van der Waals surface area contributed by atoms with E-state index in [1.165, 1.54) is 12.1 Å². The molecule has 2 saturated heterocycles. The predicted molar refractivity (Wildman–Crippen MR) is 74.9 cm³/mol. The summed E-state index contributed by atoms with van der Waals surface area (Å²) in [5.74, 6) is -0.181. The second-order valence-corrected chi connectivity index (χ2v) is 5.55. The van der Waals surface area contributed by atoms with Crippen LogP contribution in [0.15, 0.2) is 24.3 Å². The molecule has 1 aromatic carbocycles. The third kappa shape index (κ3) is 2.99. The lowest BCUT2D eigenvalue weighted by Gasteiger charge is -2.46. The van der Waals surface area contributed by atoms with E-state index in [0.717, 1.165) is 44.8 Å². The Morgan fingerprint density at radius 1 is 1.30 bits per heavy atom. The van der Waals surface area contributed by atoms with Crippen molar-refractivity contribution in [1.82, 2.24) is 15.1 Å². The first-order valence-corrected chi connectivity index (χ1v) is 7.19. The second-order valence-electron chi connectivity index (χ2n) is 5.55. The summed E-state index contributed by atoms with van der Waals surface area (Å²) in [6.45, 7) is 5.83. The molecule has 0 saturated carbocycles. The highest BCUT2D eigenvalue weighted by molar-refractivity contribution is 5.79. The Hall–Kier alpha value is -1.46. The van der Waals surface area contributed by atoms with Gasteiger partial charge in [-0.1, -0.05) is 12.1 Å². The number of carbonyl (C=O) groups excluding carboxylic acids is 1. The highest BCUT2D eigenvalue weighted by Crippen LogP contribution is 2.17. The van der Waals surface area contributed by atoms with Crippen molar-refractivity contribution < 1.29 is 9.18 Å². The molecule has 20 heavy (non-hydrogen) atoms. The molecular weight excluding hydrogens is 257 g/mol. The van der Waals surface area contributed by atoms with Crippen molar-refractivity contribution >= 4 is 5.91 Å². The van der Waals surface area contributed by atoms with Crippen LogP contribution in [0, 0.1) is 5.82 Å². The summed E-state index contributed by atoms with van der Waals surface area (Å²) < 4.78 is 13.1. The Bertz CT molecular complexity index is 482. The van der Waals surface area contributed by atoms with Crippen LogP contribution in [-0.4, -0.2) is 61.0 Å². The van der Waals surface area contributed by atoms with E-state index in [0.29, 0.717) is 12.5 Å². The molecule has 0 aliphatic carbocycles. The molecule has 0 aromatic heterocycles. The number of halogens is 1. The van der Waals surface area contributed by atoms with Crippen LogP contribution >= 0.6 is 0 Å². The molecule has 2 fully saturated rings. The molecule has 0 radical (unpaired) electrons. The zero-order valence-corrected chi connectivity index (χ0v) is 11.5. The van der Waals surface area contributed by atoms with Gasteiger partial charge in [-0.25, -0.2) is 4.39 Å². The van der Waals surface area contributed by atoms with Crippen LogP contribution in [0.25, 0.3) is 0 Å². The van der Waals surface area contributed by atoms with E-state index in [1.54, 1.807) is 12.1 Å². The highest BCUT2D eigenvalue weighted by Gasteiger charge is 2.34. The fourth-order valence-corrected chi connectivity index (χ4v) is 2.87. The molecule has 1 amide bonds. The molecule has 0 spiro atoms. The molecule has 4 nitrogen and oxygen atoms in total. The maximum Gasteiger partial charge on any atom is 0.227 e. The van der Waals surface area contributed by atoms with Crippen LogP contribution in [0.2, 0.25) is 0 Å². The highest BCUT2D eigenvalue weighted by atomic mass is 19.1. The van der Waals surface area contributed by atoms with E-state index in [2.05, 4.69) is 10.2 Å². The number of carbonyl (C=O) groups is 1. The number of nitrogens with zero attached hydrogens (tertiary/aromatic N) is 2. The number of benzene rings is 1. The average Bonchev–Trinajstić information content (AvgIpc) is 2.38. The first-order valence-electron chi connectivity index (χ1n) is 7.19. The van der Waals surface area contributed by atoms with Crippen LogP contribution < -0.4 is 5.32 Å². The SMILES string of the molecule is O=C(Cc1cccc(F)c1)N1CC(N2CCNCC2)C1. The van der Waals surface area contributed by atoms with E-state index in [1.807, 2.05) is 4.90 Å². The van der Waals surface area contributed by atoms with Crippen molar-refractivity contribution in [2.75, 3.05) is 39.3 Å². The number of likely N-dealkylation sites (tertiary alicyclic amines) is 1. The van der Waals surface area contributed by atoms with Crippen molar-refractivity contribution in [3.8, 4) is 0 Å². The smallest absolute Gasteiger partial charge is 0.227 e. The van der Waals surface area contributed by atoms with Gasteiger partial charge < -0.3 is 10.2 Å². The lowest BCUT2D eigenvalue weighted by molar-refractivity contribution is -0.138. The molecule has 3 rings (SSSR count). The number of hydrogen-bond donors (Lipinski definition) is 1. The van der Waals surface area contributed by atoms with Gasteiger partial charge in [-0.2, -0.15) is 0 Å². The van der Waals surface area contributed by atoms with Gasteiger partial charge in [0, 0.05) is 45.3 Å². The summed E-state index contributed by atoms with van der Waals surface area (Å²) >= 11 is 0. The molecule has 2 heterocycles. The largest absolute Gasteiger partial charge is 0.339 e. The molecule has 0 bridgehead atoms. The minimum atomic E-state index is -0.280. The summed E-state index contributed by atoms with van der Waals surface area (Å²) in [5, 5.41) is 3.33. The Morgan fingerprint density at radius 3 is 2.75 bits per heavy atom. The summed E-state index contributed by atoms with van der Waals surface area (Å²) in [6, 6.07) is 6.80. The molecule has 1 aromatic rings. The topological polar surface area (TPSA) is 35.6 Å². The van der Waals surface area contributed by atoms with E-state index < -0.39 is 0 Å². The Labute approximate surface area is 118 Å². The third-order valence-electron chi connectivity index (χ3n) is 4.13. The van der Waals surface area contributed by atoms with Crippen LogP contribution in [-0.2, 0) is 11.2 Å². The minimum Gasteiger partial charge on any atom is -0.339 e. The van der Waals surface area contributed by atoms with Gasteiger partial charge in [0.25, 0.3) is 0 Å². The van der Waals surface area contributed by atoms with Gasteiger partial charge in [0.15, 0.2) is 0 Å².